The van der Waals surface area contributed by atoms with Crippen molar-refractivity contribution in [3.63, 3.8) is 0 Å². The van der Waals surface area contributed by atoms with E-state index in [-0.39, 0.29) is 17.6 Å². The molecular formula is C21H25FN4O3S. The third-order valence-corrected chi connectivity index (χ3v) is 5.62. The summed E-state index contributed by atoms with van der Waals surface area (Å²) in [6.07, 6.45) is 7.08. The quantitative estimate of drug-likeness (QED) is 0.755. The Kier molecular flexibility index (Phi) is 6.50. The topological polar surface area (TPSA) is 92.3 Å². The van der Waals surface area contributed by atoms with E-state index in [1.807, 2.05) is 11.0 Å². The molecule has 1 fully saturated rings. The maximum Gasteiger partial charge on any atom is 0.271 e. The Bertz CT molecular complexity index is 1050. The molecule has 1 aromatic carbocycles. The number of carbonyl (C=O) groups is 1. The van der Waals surface area contributed by atoms with Gasteiger partial charge in [0.15, 0.2) is 9.84 Å². The van der Waals surface area contributed by atoms with Crippen molar-refractivity contribution < 1.29 is 17.6 Å². The summed E-state index contributed by atoms with van der Waals surface area (Å²) in [6, 6.07) is 4.78. The summed E-state index contributed by atoms with van der Waals surface area (Å²) in [7, 11) is -3.26. The second-order valence-corrected chi connectivity index (χ2v) is 9.44. The van der Waals surface area contributed by atoms with E-state index >= 15 is 0 Å². The number of anilines is 1. The zero-order valence-corrected chi connectivity index (χ0v) is 18.0. The van der Waals surface area contributed by atoms with E-state index in [9.17, 15) is 17.6 Å². The number of nitrogens with one attached hydrogen (secondary N) is 1. The van der Waals surface area contributed by atoms with Crippen LogP contribution in [-0.4, -0.2) is 43.1 Å². The predicted octanol–water partition coefficient (Wildman–Crippen LogP) is 2.94. The molecule has 3 rings (SSSR count). The lowest BCUT2D eigenvalue weighted by Gasteiger charge is -2.26. The van der Waals surface area contributed by atoms with Crippen molar-refractivity contribution in [3.05, 3.63) is 64.7 Å². The molecule has 2 atom stereocenters. The zero-order chi connectivity index (χ0) is 21.9. The summed E-state index contributed by atoms with van der Waals surface area (Å²) in [5.41, 5.74) is 1.37. The molecule has 0 spiro atoms. The van der Waals surface area contributed by atoms with Gasteiger partial charge >= 0.3 is 0 Å². The number of carbonyl (C=O) groups excluding carboxylic acids is 1. The van der Waals surface area contributed by atoms with E-state index in [2.05, 4.69) is 15.3 Å². The third-order valence-electron chi connectivity index (χ3n) is 4.97. The van der Waals surface area contributed by atoms with Crippen molar-refractivity contribution >= 4 is 21.6 Å². The van der Waals surface area contributed by atoms with E-state index < -0.39 is 21.8 Å². The van der Waals surface area contributed by atoms with E-state index in [4.69, 9.17) is 0 Å². The summed E-state index contributed by atoms with van der Waals surface area (Å²) >= 11 is 0. The number of halogens is 1. The van der Waals surface area contributed by atoms with Crippen molar-refractivity contribution in [2.24, 2.45) is 0 Å². The summed E-state index contributed by atoms with van der Waals surface area (Å²) in [4.78, 5) is 22.9. The summed E-state index contributed by atoms with van der Waals surface area (Å²) in [5.74, 6) is -0.0723. The SMILES string of the molecule is Cc1cccc([C@@H]2CCCN2c2cnc(C(=O)N[C@H](C)/C=C/S(C)(=O)=O)cn2)c1F. The standard InChI is InChI=1S/C21H25FN4O3S/c1-14-6-4-7-16(20(14)22)18-8-5-10-26(18)19-13-23-17(12-24-19)21(27)25-15(2)9-11-30(3,28)29/h4,6-7,9,11-13,15,18H,5,8,10H2,1-3H3,(H,25,27)/b11-9+/t15-,18+/m1/s1. The van der Waals surface area contributed by atoms with E-state index in [1.165, 1.54) is 18.5 Å². The number of aryl methyl sites for hydroxylation is 1. The fourth-order valence-corrected chi connectivity index (χ4v) is 3.99. The molecule has 7 nitrogen and oxygen atoms in total. The average Bonchev–Trinajstić information content (AvgIpc) is 3.17. The van der Waals surface area contributed by atoms with Crippen LogP contribution in [0.3, 0.4) is 0 Å². The van der Waals surface area contributed by atoms with E-state index in [0.717, 1.165) is 31.1 Å². The molecule has 0 bridgehead atoms. The lowest BCUT2D eigenvalue weighted by Crippen LogP contribution is -2.32. The summed E-state index contributed by atoms with van der Waals surface area (Å²) < 4.78 is 37.0. The fraction of sp³-hybridized carbons (Fsp3) is 0.381. The maximum atomic E-state index is 14.6. The second-order valence-electron chi connectivity index (χ2n) is 7.51. The van der Waals surface area contributed by atoms with Gasteiger partial charge in [0.25, 0.3) is 5.91 Å². The molecule has 1 aromatic heterocycles. The Morgan fingerprint density at radius 3 is 2.77 bits per heavy atom. The Hall–Kier alpha value is -2.81. The minimum atomic E-state index is -3.26. The van der Waals surface area contributed by atoms with Crippen molar-refractivity contribution in [2.45, 2.75) is 38.8 Å². The van der Waals surface area contributed by atoms with Crippen LogP contribution in [0.4, 0.5) is 10.2 Å². The van der Waals surface area contributed by atoms with Gasteiger partial charge in [0.2, 0.25) is 0 Å². The maximum absolute atomic E-state index is 14.6. The van der Waals surface area contributed by atoms with Gasteiger partial charge in [0.1, 0.15) is 17.3 Å². The number of hydrogen-bond donors (Lipinski definition) is 1. The lowest BCUT2D eigenvalue weighted by molar-refractivity contribution is 0.0941. The van der Waals surface area contributed by atoms with Crippen LogP contribution < -0.4 is 10.2 Å². The van der Waals surface area contributed by atoms with Crippen LogP contribution in [0.15, 0.2) is 42.1 Å². The van der Waals surface area contributed by atoms with Crippen LogP contribution >= 0.6 is 0 Å². The molecule has 1 aliphatic rings. The monoisotopic (exact) mass is 432 g/mol. The molecular weight excluding hydrogens is 407 g/mol. The molecule has 0 radical (unpaired) electrons. The van der Waals surface area contributed by atoms with Gasteiger partial charge < -0.3 is 10.2 Å². The molecule has 30 heavy (non-hydrogen) atoms. The normalized spacial score (nSPS) is 18.0. The molecule has 0 saturated carbocycles. The first-order valence-electron chi connectivity index (χ1n) is 9.68. The molecule has 9 heteroatoms. The first-order chi connectivity index (χ1) is 14.2. The Morgan fingerprint density at radius 1 is 1.33 bits per heavy atom. The van der Waals surface area contributed by atoms with Crippen LogP contribution in [0, 0.1) is 12.7 Å². The van der Waals surface area contributed by atoms with Crippen LogP contribution in [0.1, 0.15) is 47.4 Å². The summed E-state index contributed by atoms with van der Waals surface area (Å²) in [5, 5.41) is 3.70. The molecule has 2 aromatic rings. The smallest absolute Gasteiger partial charge is 0.271 e. The van der Waals surface area contributed by atoms with Crippen LogP contribution in [0.25, 0.3) is 0 Å². The number of rotatable bonds is 6. The number of amides is 1. The highest BCUT2D eigenvalue weighted by atomic mass is 32.2. The first-order valence-corrected chi connectivity index (χ1v) is 11.6. The highest BCUT2D eigenvalue weighted by molar-refractivity contribution is 7.93. The molecule has 1 aliphatic heterocycles. The van der Waals surface area contributed by atoms with Crippen LogP contribution in [0.5, 0.6) is 0 Å². The second kappa shape index (κ2) is 8.91. The van der Waals surface area contributed by atoms with Gasteiger partial charge in [-0.05, 0) is 32.3 Å². The van der Waals surface area contributed by atoms with Gasteiger partial charge in [-0.1, -0.05) is 24.3 Å². The fourth-order valence-electron chi connectivity index (χ4n) is 3.47. The largest absolute Gasteiger partial charge is 0.348 e. The number of benzene rings is 1. The predicted molar refractivity (Wildman–Crippen MR) is 113 cm³/mol. The Morgan fingerprint density at radius 2 is 2.10 bits per heavy atom. The van der Waals surface area contributed by atoms with Gasteiger partial charge in [0.05, 0.1) is 18.4 Å². The van der Waals surface area contributed by atoms with E-state index in [1.54, 1.807) is 26.0 Å². The van der Waals surface area contributed by atoms with Gasteiger partial charge in [-0.25, -0.2) is 22.8 Å². The van der Waals surface area contributed by atoms with Gasteiger partial charge in [0, 0.05) is 29.8 Å². The molecule has 1 N–H and O–H groups in total. The van der Waals surface area contributed by atoms with Crippen molar-refractivity contribution in [1.82, 2.24) is 15.3 Å². The number of hydrogen-bond acceptors (Lipinski definition) is 6. The number of sulfone groups is 1. The summed E-state index contributed by atoms with van der Waals surface area (Å²) in [6.45, 7) is 4.13. The lowest BCUT2D eigenvalue weighted by atomic mass is 10.0. The highest BCUT2D eigenvalue weighted by Crippen LogP contribution is 2.36. The van der Waals surface area contributed by atoms with Gasteiger partial charge in [-0.15, -0.1) is 0 Å². The average molecular weight is 433 g/mol. The van der Waals surface area contributed by atoms with Crippen molar-refractivity contribution in [3.8, 4) is 0 Å². The number of nitrogens with zero attached hydrogens (tertiary/aromatic N) is 3. The van der Waals surface area contributed by atoms with Crippen LogP contribution in [-0.2, 0) is 9.84 Å². The molecule has 0 unspecified atom stereocenters. The molecule has 1 amide bonds. The van der Waals surface area contributed by atoms with E-state index in [0.29, 0.717) is 16.9 Å². The van der Waals surface area contributed by atoms with Crippen molar-refractivity contribution in [2.75, 3.05) is 17.7 Å². The minimum absolute atomic E-state index is 0.121. The van der Waals surface area contributed by atoms with Gasteiger partial charge in [-0.2, -0.15) is 0 Å². The Labute approximate surface area is 176 Å². The molecule has 1 saturated heterocycles. The number of aromatic nitrogens is 2. The van der Waals surface area contributed by atoms with Crippen LogP contribution in [0.2, 0.25) is 0 Å². The zero-order valence-electron chi connectivity index (χ0n) is 17.2. The van der Waals surface area contributed by atoms with Crippen molar-refractivity contribution in [1.29, 1.82) is 0 Å². The minimum Gasteiger partial charge on any atom is -0.348 e. The van der Waals surface area contributed by atoms with Gasteiger partial charge in [-0.3, -0.25) is 4.79 Å². The molecule has 2 heterocycles. The highest BCUT2D eigenvalue weighted by Gasteiger charge is 2.29. The third kappa shape index (κ3) is 5.21. The molecule has 0 aliphatic carbocycles. The Balaban J connectivity index is 1.72. The molecule has 160 valence electrons. The first kappa shape index (κ1) is 21.9.